The van der Waals surface area contributed by atoms with Crippen LogP contribution in [0.1, 0.15) is 31.7 Å². The average Bonchev–Trinajstić information content (AvgIpc) is 2.90. The molecule has 6 heteroatoms. The van der Waals surface area contributed by atoms with Gasteiger partial charge in [-0.3, -0.25) is 14.9 Å². The molecule has 0 spiro atoms. The molecule has 0 bridgehead atoms. The summed E-state index contributed by atoms with van der Waals surface area (Å²) in [7, 11) is 0. The Balaban J connectivity index is 2.25. The first-order valence-corrected chi connectivity index (χ1v) is 6.80. The highest BCUT2D eigenvalue weighted by Crippen LogP contribution is 2.29. The zero-order valence-corrected chi connectivity index (χ0v) is 11.7. The van der Waals surface area contributed by atoms with Gasteiger partial charge in [-0.1, -0.05) is 13.0 Å². The first-order valence-electron chi connectivity index (χ1n) is 6.80. The summed E-state index contributed by atoms with van der Waals surface area (Å²) >= 11 is 0. The van der Waals surface area contributed by atoms with Crippen LogP contribution in [0, 0.1) is 17.0 Å². The van der Waals surface area contributed by atoms with Crippen molar-refractivity contribution in [2.75, 3.05) is 11.9 Å². The van der Waals surface area contributed by atoms with Crippen molar-refractivity contribution < 1.29 is 9.72 Å². The lowest BCUT2D eigenvalue weighted by Crippen LogP contribution is -2.50. The lowest BCUT2D eigenvalue weighted by molar-refractivity contribution is -0.384. The topological polar surface area (TPSA) is 84.3 Å². The number of nitrogens with zero attached hydrogens (tertiary/aromatic N) is 1. The number of carbonyl (C=O) groups excluding carboxylic acids is 1. The van der Waals surface area contributed by atoms with E-state index >= 15 is 0 Å². The standard InChI is InChI=1S/C14H19N3O3/c1-3-14(7-4-8-15-14)13(18)16-11-6-5-10(2)9-12(11)17(19)20/h5-6,9,15H,3-4,7-8H2,1-2H3,(H,16,18). The van der Waals surface area contributed by atoms with Crippen LogP contribution in [0.2, 0.25) is 0 Å². The monoisotopic (exact) mass is 277 g/mol. The van der Waals surface area contributed by atoms with Crippen LogP contribution in [0.5, 0.6) is 0 Å². The van der Waals surface area contributed by atoms with Gasteiger partial charge in [-0.15, -0.1) is 0 Å². The summed E-state index contributed by atoms with van der Waals surface area (Å²) in [5, 5.41) is 17.0. The number of hydrogen-bond acceptors (Lipinski definition) is 4. The molecule has 1 aromatic rings. The van der Waals surface area contributed by atoms with Crippen molar-refractivity contribution in [1.82, 2.24) is 5.32 Å². The van der Waals surface area contributed by atoms with Gasteiger partial charge in [-0.2, -0.15) is 0 Å². The number of anilines is 1. The maximum absolute atomic E-state index is 12.4. The minimum atomic E-state index is -0.598. The molecule has 1 aromatic carbocycles. The van der Waals surface area contributed by atoms with Crippen LogP contribution in [-0.2, 0) is 4.79 Å². The van der Waals surface area contributed by atoms with Gasteiger partial charge in [0, 0.05) is 6.07 Å². The Bertz CT molecular complexity index is 536. The van der Waals surface area contributed by atoms with E-state index in [-0.39, 0.29) is 17.3 Å². The average molecular weight is 277 g/mol. The molecule has 2 rings (SSSR count). The first-order chi connectivity index (χ1) is 9.48. The molecule has 0 saturated carbocycles. The van der Waals surface area contributed by atoms with E-state index in [1.807, 2.05) is 6.92 Å². The lowest BCUT2D eigenvalue weighted by atomic mass is 9.93. The molecule has 20 heavy (non-hydrogen) atoms. The van der Waals surface area contributed by atoms with Crippen LogP contribution in [-0.4, -0.2) is 22.9 Å². The molecule has 0 radical (unpaired) electrons. The highest BCUT2D eigenvalue weighted by Gasteiger charge is 2.39. The van der Waals surface area contributed by atoms with Gasteiger partial charge in [0.05, 0.1) is 10.5 Å². The van der Waals surface area contributed by atoms with Crippen LogP contribution < -0.4 is 10.6 Å². The van der Waals surface area contributed by atoms with Crippen LogP contribution in [0.25, 0.3) is 0 Å². The fraction of sp³-hybridized carbons (Fsp3) is 0.500. The molecule has 1 saturated heterocycles. The van der Waals surface area contributed by atoms with Crippen LogP contribution in [0.3, 0.4) is 0 Å². The van der Waals surface area contributed by atoms with Crippen LogP contribution in [0.15, 0.2) is 18.2 Å². The maximum atomic E-state index is 12.4. The third-order valence-electron chi connectivity index (χ3n) is 3.88. The number of nitrogens with one attached hydrogen (secondary N) is 2. The minimum absolute atomic E-state index is 0.0670. The zero-order valence-electron chi connectivity index (χ0n) is 11.7. The van der Waals surface area contributed by atoms with E-state index in [0.29, 0.717) is 6.42 Å². The van der Waals surface area contributed by atoms with Crippen molar-refractivity contribution in [2.45, 2.75) is 38.6 Å². The van der Waals surface area contributed by atoms with Crippen molar-refractivity contribution in [2.24, 2.45) is 0 Å². The zero-order chi connectivity index (χ0) is 14.8. The van der Waals surface area contributed by atoms with Gasteiger partial charge < -0.3 is 10.6 Å². The molecule has 1 aliphatic rings. The molecule has 2 N–H and O–H groups in total. The fourth-order valence-electron chi connectivity index (χ4n) is 2.60. The number of rotatable bonds is 4. The van der Waals surface area contributed by atoms with Gasteiger partial charge >= 0.3 is 0 Å². The predicted molar refractivity (Wildman–Crippen MR) is 76.7 cm³/mol. The Morgan fingerprint density at radius 2 is 2.30 bits per heavy atom. The SMILES string of the molecule is CCC1(C(=O)Nc2ccc(C)cc2[N+](=O)[O-])CCCN1. The second kappa shape index (κ2) is 5.58. The summed E-state index contributed by atoms with van der Waals surface area (Å²) in [5.41, 5.74) is 0.382. The van der Waals surface area contributed by atoms with Gasteiger partial charge in [0.25, 0.3) is 5.69 Å². The van der Waals surface area contributed by atoms with E-state index in [0.717, 1.165) is 24.9 Å². The molecule has 108 valence electrons. The Kier molecular flexibility index (Phi) is 4.04. The summed E-state index contributed by atoms with van der Waals surface area (Å²) in [5.74, 6) is -0.190. The van der Waals surface area contributed by atoms with Crippen molar-refractivity contribution in [3.8, 4) is 0 Å². The Morgan fingerprint density at radius 1 is 1.55 bits per heavy atom. The van der Waals surface area contributed by atoms with Crippen molar-refractivity contribution in [3.05, 3.63) is 33.9 Å². The largest absolute Gasteiger partial charge is 0.319 e. The Labute approximate surface area is 117 Å². The molecule has 0 aromatic heterocycles. The van der Waals surface area contributed by atoms with Crippen LogP contribution >= 0.6 is 0 Å². The normalized spacial score (nSPS) is 21.7. The predicted octanol–water partition coefficient (Wildman–Crippen LogP) is 2.37. The van der Waals surface area contributed by atoms with E-state index < -0.39 is 10.5 Å². The van der Waals surface area contributed by atoms with E-state index in [2.05, 4.69) is 10.6 Å². The smallest absolute Gasteiger partial charge is 0.293 e. The number of hydrogen-bond donors (Lipinski definition) is 2. The van der Waals surface area contributed by atoms with Gasteiger partial charge in [-0.25, -0.2) is 0 Å². The van der Waals surface area contributed by atoms with Gasteiger partial charge in [-0.05, 0) is 44.4 Å². The van der Waals surface area contributed by atoms with Gasteiger partial charge in [0.1, 0.15) is 5.69 Å². The highest BCUT2D eigenvalue weighted by atomic mass is 16.6. The number of aryl methyl sites for hydroxylation is 1. The van der Waals surface area contributed by atoms with E-state index in [1.165, 1.54) is 6.07 Å². The minimum Gasteiger partial charge on any atom is -0.319 e. The summed E-state index contributed by atoms with van der Waals surface area (Å²) in [6.07, 6.45) is 2.37. The molecule has 1 heterocycles. The second-order valence-corrected chi connectivity index (χ2v) is 5.20. The highest BCUT2D eigenvalue weighted by molar-refractivity contribution is 6.00. The molecule has 6 nitrogen and oxygen atoms in total. The van der Waals surface area contributed by atoms with E-state index in [9.17, 15) is 14.9 Å². The molecular formula is C14H19N3O3. The third-order valence-corrected chi connectivity index (χ3v) is 3.88. The van der Waals surface area contributed by atoms with Gasteiger partial charge in [0.2, 0.25) is 5.91 Å². The first kappa shape index (κ1) is 14.5. The summed E-state index contributed by atoms with van der Waals surface area (Å²) in [4.78, 5) is 23.0. The lowest BCUT2D eigenvalue weighted by Gasteiger charge is -2.26. The molecular weight excluding hydrogens is 258 g/mol. The van der Waals surface area contributed by atoms with Gasteiger partial charge in [0.15, 0.2) is 0 Å². The van der Waals surface area contributed by atoms with E-state index in [4.69, 9.17) is 0 Å². The third kappa shape index (κ3) is 2.65. The number of nitro groups is 1. The number of benzene rings is 1. The summed E-state index contributed by atoms with van der Waals surface area (Å²) in [6.45, 7) is 4.53. The summed E-state index contributed by atoms with van der Waals surface area (Å²) in [6, 6.07) is 4.81. The molecule has 1 unspecified atom stereocenters. The van der Waals surface area contributed by atoms with Crippen molar-refractivity contribution >= 4 is 17.3 Å². The van der Waals surface area contributed by atoms with Crippen molar-refractivity contribution in [3.63, 3.8) is 0 Å². The van der Waals surface area contributed by atoms with E-state index in [1.54, 1.807) is 19.1 Å². The molecule has 0 aliphatic carbocycles. The molecule has 1 atom stereocenters. The summed E-state index contributed by atoms with van der Waals surface area (Å²) < 4.78 is 0. The van der Waals surface area contributed by atoms with Crippen LogP contribution in [0.4, 0.5) is 11.4 Å². The molecule has 1 aliphatic heterocycles. The fourth-order valence-corrected chi connectivity index (χ4v) is 2.60. The Morgan fingerprint density at radius 3 is 2.85 bits per heavy atom. The number of carbonyl (C=O) groups is 1. The molecule has 1 fully saturated rings. The van der Waals surface area contributed by atoms with Crippen molar-refractivity contribution in [1.29, 1.82) is 0 Å². The number of amides is 1. The number of nitro benzene ring substituents is 1. The maximum Gasteiger partial charge on any atom is 0.293 e. The quantitative estimate of drug-likeness (QED) is 0.653. The second-order valence-electron chi connectivity index (χ2n) is 5.20. The molecule has 1 amide bonds. The Hall–Kier alpha value is -1.95.